The van der Waals surface area contributed by atoms with Crippen LogP contribution in [0, 0.1) is 0 Å². The topological polar surface area (TPSA) is 40.6 Å². The molecule has 1 aliphatic heterocycles. The molecule has 0 spiro atoms. The number of piperazine rings is 1. The molecule has 1 aromatic carbocycles. The number of nitrogens with zero attached hydrogens (tertiary/aromatic N) is 2. The quantitative estimate of drug-likeness (QED) is 0.760. The van der Waals surface area contributed by atoms with Crippen LogP contribution in [0.3, 0.4) is 0 Å². The Morgan fingerprint density at radius 1 is 1.33 bits per heavy atom. The van der Waals surface area contributed by atoms with E-state index in [4.69, 9.17) is 0 Å². The summed E-state index contributed by atoms with van der Waals surface area (Å²) in [5.41, 5.74) is 1.64. The molecule has 0 saturated carbocycles. The first kappa shape index (κ1) is 12.6. The monoisotopic (exact) mass is 246 g/mol. The van der Waals surface area contributed by atoms with Crippen molar-refractivity contribution in [2.75, 3.05) is 31.1 Å². The first-order chi connectivity index (χ1) is 8.61. The highest BCUT2D eigenvalue weighted by atomic mass is 16.2. The first-order valence-electron chi connectivity index (χ1n) is 6.25. The number of carbonyl (C=O) groups excluding carboxylic acids is 2. The number of hydrogen-bond acceptors (Lipinski definition) is 3. The third-order valence-electron chi connectivity index (χ3n) is 3.32. The van der Waals surface area contributed by atoms with E-state index in [1.54, 1.807) is 13.0 Å². The molecular weight excluding hydrogens is 228 g/mol. The van der Waals surface area contributed by atoms with Crippen LogP contribution in [0.1, 0.15) is 24.2 Å². The van der Waals surface area contributed by atoms with Gasteiger partial charge in [0.05, 0.1) is 6.54 Å². The van der Waals surface area contributed by atoms with Crippen molar-refractivity contribution in [3.05, 3.63) is 29.8 Å². The van der Waals surface area contributed by atoms with Crippen LogP contribution in [-0.4, -0.2) is 42.8 Å². The lowest BCUT2D eigenvalue weighted by molar-refractivity contribution is -0.130. The van der Waals surface area contributed by atoms with Gasteiger partial charge in [0.2, 0.25) is 5.91 Å². The smallest absolute Gasteiger partial charge is 0.242 e. The molecular formula is C14H18N2O2. The molecule has 0 bridgehead atoms. The van der Waals surface area contributed by atoms with Gasteiger partial charge in [0.25, 0.3) is 0 Å². The molecule has 2 rings (SSSR count). The van der Waals surface area contributed by atoms with Crippen LogP contribution in [0.4, 0.5) is 5.69 Å². The average molecular weight is 246 g/mol. The van der Waals surface area contributed by atoms with Crippen molar-refractivity contribution < 1.29 is 9.59 Å². The minimum atomic E-state index is 0.0513. The van der Waals surface area contributed by atoms with E-state index < -0.39 is 0 Å². The second-order valence-corrected chi connectivity index (χ2v) is 4.50. The van der Waals surface area contributed by atoms with Crippen molar-refractivity contribution >= 4 is 17.4 Å². The van der Waals surface area contributed by atoms with E-state index in [1.165, 1.54) is 0 Å². The zero-order valence-corrected chi connectivity index (χ0v) is 10.8. The van der Waals surface area contributed by atoms with Crippen LogP contribution >= 0.6 is 0 Å². The summed E-state index contributed by atoms with van der Waals surface area (Å²) in [5, 5.41) is 0. The molecule has 96 valence electrons. The van der Waals surface area contributed by atoms with E-state index in [2.05, 4.69) is 0 Å². The molecule has 4 heteroatoms. The SMILES string of the molecule is CCN1CCN(c2cccc(C(C)=O)c2)CC1=O. The maximum atomic E-state index is 11.8. The third kappa shape index (κ3) is 2.53. The van der Waals surface area contributed by atoms with Crippen LogP contribution in [-0.2, 0) is 4.79 Å². The lowest BCUT2D eigenvalue weighted by Gasteiger charge is -2.35. The van der Waals surface area contributed by atoms with E-state index in [0.717, 1.165) is 25.3 Å². The van der Waals surface area contributed by atoms with E-state index in [0.29, 0.717) is 12.1 Å². The number of Topliss-reactive ketones (excluding diaryl/α,β-unsaturated/α-hetero) is 1. The molecule has 1 saturated heterocycles. The molecule has 1 aromatic rings. The predicted molar refractivity (Wildman–Crippen MR) is 70.9 cm³/mol. The Bertz CT molecular complexity index is 471. The minimum absolute atomic E-state index is 0.0513. The molecule has 0 aromatic heterocycles. The highest BCUT2D eigenvalue weighted by Gasteiger charge is 2.22. The van der Waals surface area contributed by atoms with Crippen molar-refractivity contribution in [3.63, 3.8) is 0 Å². The summed E-state index contributed by atoms with van der Waals surface area (Å²) in [5.74, 6) is 0.201. The van der Waals surface area contributed by atoms with Gasteiger partial charge in [-0.15, -0.1) is 0 Å². The second-order valence-electron chi connectivity index (χ2n) is 4.50. The van der Waals surface area contributed by atoms with Crippen LogP contribution in [0.25, 0.3) is 0 Å². The van der Waals surface area contributed by atoms with Gasteiger partial charge in [-0.3, -0.25) is 9.59 Å². The van der Waals surface area contributed by atoms with E-state index in [9.17, 15) is 9.59 Å². The summed E-state index contributed by atoms with van der Waals surface area (Å²) in [6, 6.07) is 7.47. The molecule has 0 aliphatic carbocycles. The Balaban J connectivity index is 2.15. The molecule has 0 unspecified atom stereocenters. The van der Waals surface area contributed by atoms with Gasteiger partial charge in [-0.2, -0.15) is 0 Å². The van der Waals surface area contributed by atoms with Crippen molar-refractivity contribution in [2.24, 2.45) is 0 Å². The standard InChI is InChI=1S/C14H18N2O2/c1-3-15-7-8-16(10-14(15)18)13-6-4-5-12(9-13)11(2)17/h4-6,9H,3,7-8,10H2,1-2H3. The van der Waals surface area contributed by atoms with Crippen molar-refractivity contribution in [2.45, 2.75) is 13.8 Å². The molecule has 0 radical (unpaired) electrons. The average Bonchev–Trinajstić information content (AvgIpc) is 2.38. The van der Waals surface area contributed by atoms with Gasteiger partial charge >= 0.3 is 0 Å². The Morgan fingerprint density at radius 2 is 2.11 bits per heavy atom. The van der Waals surface area contributed by atoms with E-state index >= 15 is 0 Å². The number of amides is 1. The zero-order valence-electron chi connectivity index (χ0n) is 10.8. The molecule has 4 nitrogen and oxygen atoms in total. The van der Waals surface area contributed by atoms with E-state index in [1.807, 2.05) is 34.9 Å². The lowest BCUT2D eigenvalue weighted by Crippen LogP contribution is -2.50. The summed E-state index contributed by atoms with van der Waals surface area (Å²) in [6.45, 7) is 6.28. The molecule has 0 atom stereocenters. The largest absolute Gasteiger partial charge is 0.360 e. The Kier molecular flexibility index (Phi) is 3.65. The summed E-state index contributed by atoms with van der Waals surface area (Å²) in [4.78, 5) is 27.1. The lowest BCUT2D eigenvalue weighted by atomic mass is 10.1. The fourth-order valence-electron chi connectivity index (χ4n) is 2.18. The predicted octanol–water partition coefficient (Wildman–Crippen LogP) is 1.56. The van der Waals surface area contributed by atoms with Gasteiger partial charge in [0.1, 0.15) is 0 Å². The third-order valence-corrected chi connectivity index (χ3v) is 3.32. The molecule has 1 amide bonds. The number of ketones is 1. The van der Waals surface area contributed by atoms with Crippen LogP contribution < -0.4 is 4.90 Å². The molecule has 1 heterocycles. The van der Waals surface area contributed by atoms with Crippen molar-refractivity contribution in [3.8, 4) is 0 Å². The highest BCUT2D eigenvalue weighted by molar-refractivity contribution is 5.95. The van der Waals surface area contributed by atoms with Crippen LogP contribution in [0.15, 0.2) is 24.3 Å². The fraction of sp³-hybridized carbons (Fsp3) is 0.429. The molecule has 1 fully saturated rings. The van der Waals surface area contributed by atoms with Gasteiger partial charge in [-0.05, 0) is 26.0 Å². The van der Waals surface area contributed by atoms with Gasteiger partial charge in [0.15, 0.2) is 5.78 Å². The summed E-state index contributed by atoms with van der Waals surface area (Å²) in [6.07, 6.45) is 0. The van der Waals surface area contributed by atoms with Crippen molar-refractivity contribution in [1.82, 2.24) is 4.90 Å². The van der Waals surface area contributed by atoms with Gasteiger partial charge in [-0.25, -0.2) is 0 Å². The number of carbonyl (C=O) groups is 2. The normalized spacial score (nSPS) is 16.0. The maximum absolute atomic E-state index is 11.8. The molecule has 18 heavy (non-hydrogen) atoms. The Labute approximate surface area is 107 Å². The van der Waals surface area contributed by atoms with Gasteiger partial charge in [0, 0.05) is 30.9 Å². The first-order valence-corrected chi connectivity index (χ1v) is 6.25. The molecule has 1 aliphatic rings. The number of hydrogen-bond donors (Lipinski definition) is 0. The molecule has 0 N–H and O–H groups in total. The summed E-state index contributed by atoms with van der Waals surface area (Å²) < 4.78 is 0. The maximum Gasteiger partial charge on any atom is 0.242 e. The van der Waals surface area contributed by atoms with Gasteiger partial charge < -0.3 is 9.80 Å². The van der Waals surface area contributed by atoms with Crippen LogP contribution in [0.2, 0.25) is 0 Å². The summed E-state index contributed by atoms with van der Waals surface area (Å²) >= 11 is 0. The number of rotatable bonds is 3. The Morgan fingerprint density at radius 3 is 2.72 bits per heavy atom. The zero-order chi connectivity index (χ0) is 13.1. The highest BCUT2D eigenvalue weighted by Crippen LogP contribution is 2.18. The number of anilines is 1. The van der Waals surface area contributed by atoms with E-state index in [-0.39, 0.29) is 11.7 Å². The summed E-state index contributed by atoms with van der Waals surface area (Å²) in [7, 11) is 0. The Hall–Kier alpha value is -1.84. The number of likely N-dealkylation sites (N-methyl/N-ethyl adjacent to an activating group) is 1. The van der Waals surface area contributed by atoms with Gasteiger partial charge in [-0.1, -0.05) is 12.1 Å². The van der Waals surface area contributed by atoms with Crippen LogP contribution in [0.5, 0.6) is 0 Å². The number of benzene rings is 1. The van der Waals surface area contributed by atoms with Crippen molar-refractivity contribution in [1.29, 1.82) is 0 Å². The minimum Gasteiger partial charge on any atom is -0.360 e. The second kappa shape index (κ2) is 5.21. The fourth-order valence-corrected chi connectivity index (χ4v) is 2.18.